The van der Waals surface area contributed by atoms with Gasteiger partial charge in [0.15, 0.2) is 5.82 Å². The standard InChI is InChI=1S/C25H21F4N7.C2H6/c1-15(2)16-8-17(11-30-10-16)23-22(26)14-32-24(35-23)36-33-13-20-6-7-21(12-31-20)34-19-5-3-4-18(9-19)25(27,28)29;1-2/h3-15,34H,1-2H3,(H,32,35,36);1-2H3/b33-13+;. The van der Waals surface area contributed by atoms with Crippen molar-refractivity contribution in [3.63, 3.8) is 0 Å². The van der Waals surface area contributed by atoms with Crippen LogP contribution in [0.15, 0.2) is 72.4 Å². The molecule has 0 atom stereocenters. The molecule has 1 aromatic carbocycles. The van der Waals surface area contributed by atoms with Gasteiger partial charge < -0.3 is 5.32 Å². The normalized spacial score (nSPS) is 11.3. The third-order valence-electron chi connectivity index (χ3n) is 5.07. The number of nitrogens with zero attached hydrogens (tertiary/aromatic N) is 5. The van der Waals surface area contributed by atoms with E-state index in [1.54, 1.807) is 18.3 Å². The van der Waals surface area contributed by atoms with Gasteiger partial charge in [-0.15, -0.1) is 0 Å². The van der Waals surface area contributed by atoms with Crippen molar-refractivity contribution in [3.05, 3.63) is 89.9 Å². The number of aromatic nitrogens is 4. The van der Waals surface area contributed by atoms with Crippen LogP contribution in [0.25, 0.3) is 11.3 Å². The van der Waals surface area contributed by atoms with E-state index in [9.17, 15) is 17.6 Å². The Kier molecular flexibility index (Phi) is 9.42. The lowest BCUT2D eigenvalue weighted by Crippen LogP contribution is -2.05. The number of alkyl halides is 3. The molecule has 11 heteroatoms. The lowest BCUT2D eigenvalue weighted by atomic mass is 10.0. The summed E-state index contributed by atoms with van der Waals surface area (Å²) in [7, 11) is 0. The van der Waals surface area contributed by atoms with Crippen LogP contribution in [-0.4, -0.2) is 26.2 Å². The number of hydrazone groups is 1. The molecule has 0 saturated carbocycles. The van der Waals surface area contributed by atoms with Gasteiger partial charge in [0.25, 0.3) is 0 Å². The summed E-state index contributed by atoms with van der Waals surface area (Å²) in [6, 6.07) is 9.98. The molecule has 3 heterocycles. The van der Waals surface area contributed by atoms with Gasteiger partial charge >= 0.3 is 6.18 Å². The average molecular weight is 526 g/mol. The molecule has 0 saturated heterocycles. The van der Waals surface area contributed by atoms with Gasteiger partial charge in [0.2, 0.25) is 5.95 Å². The fourth-order valence-corrected chi connectivity index (χ4v) is 3.18. The Morgan fingerprint density at radius 1 is 0.921 bits per heavy atom. The Morgan fingerprint density at radius 3 is 2.39 bits per heavy atom. The molecule has 4 rings (SSSR count). The van der Waals surface area contributed by atoms with Crippen molar-refractivity contribution in [1.82, 2.24) is 19.9 Å². The summed E-state index contributed by atoms with van der Waals surface area (Å²) in [5.41, 5.74) is 4.73. The van der Waals surface area contributed by atoms with E-state index in [4.69, 9.17) is 0 Å². The number of hydrogen-bond acceptors (Lipinski definition) is 7. The van der Waals surface area contributed by atoms with Gasteiger partial charge in [0, 0.05) is 23.6 Å². The van der Waals surface area contributed by atoms with Gasteiger partial charge in [-0.25, -0.2) is 19.8 Å². The van der Waals surface area contributed by atoms with Crippen LogP contribution in [0.5, 0.6) is 0 Å². The van der Waals surface area contributed by atoms with Gasteiger partial charge in [-0.3, -0.25) is 9.97 Å². The second kappa shape index (κ2) is 12.7. The van der Waals surface area contributed by atoms with Gasteiger partial charge in [-0.2, -0.15) is 18.3 Å². The second-order valence-corrected chi connectivity index (χ2v) is 8.10. The predicted molar refractivity (Wildman–Crippen MR) is 141 cm³/mol. The molecule has 198 valence electrons. The molecule has 0 radical (unpaired) electrons. The third kappa shape index (κ3) is 7.55. The van der Waals surface area contributed by atoms with E-state index in [2.05, 4.69) is 35.8 Å². The molecule has 0 aliphatic carbocycles. The van der Waals surface area contributed by atoms with Crippen LogP contribution in [-0.2, 0) is 6.18 Å². The van der Waals surface area contributed by atoms with Crippen LogP contribution in [0.2, 0.25) is 0 Å². The van der Waals surface area contributed by atoms with Crippen LogP contribution < -0.4 is 10.7 Å². The zero-order valence-corrected chi connectivity index (χ0v) is 21.3. The van der Waals surface area contributed by atoms with Crippen molar-refractivity contribution in [1.29, 1.82) is 0 Å². The number of halogens is 4. The lowest BCUT2D eigenvalue weighted by molar-refractivity contribution is -0.137. The van der Waals surface area contributed by atoms with E-state index in [0.29, 0.717) is 16.9 Å². The molecule has 0 fully saturated rings. The summed E-state index contributed by atoms with van der Waals surface area (Å²) < 4.78 is 53.0. The number of anilines is 3. The van der Waals surface area contributed by atoms with Gasteiger partial charge in [0.1, 0.15) is 5.69 Å². The Balaban J connectivity index is 0.00000195. The molecule has 0 unspecified atom stereocenters. The van der Waals surface area contributed by atoms with Crippen LogP contribution >= 0.6 is 0 Å². The summed E-state index contributed by atoms with van der Waals surface area (Å²) in [6.45, 7) is 8.03. The summed E-state index contributed by atoms with van der Waals surface area (Å²) in [6.07, 6.45) is 2.75. The minimum atomic E-state index is -4.42. The maximum atomic E-state index is 14.4. The quantitative estimate of drug-likeness (QED) is 0.148. The Labute approximate surface area is 218 Å². The van der Waals surface area contributed by atoms with Crippen molar-refractivity contribution in [2.24, 2.45) is 5.10 Å². The van der Waals surface area contributed by atoms with Crippen molar-refractivity contribution < 1.29 is 17.6 Å². The summed E-state index contributed by atoms with van der Waals surface area (Å²) in [4.78, 5) is 16.5. The Hall–Kier alpha value is -4.41. The largest absolute Gasteiger partial charge is 0.416 e. The molecule has 4 aromatic rings. The zero-order chi connectivity index (χ0) is 27.7. The number of benzene rings is 1. The minimum absolute atomic E-state index is 0.0837. The van der Waals surface area contributed by atoms with E-state index in [0.717, 1.165) is 23.9 Å². The van der Waals surface area contributed by atoms with Crippen LogP contribution in [0.1, 0.15) is 50.4 Å². The highest BCUT2D eigenvalue weighted by atomic mass is 19.4. The first-order valence-corrected chi connectivity index (χ1v) is 11.9. The van der Waals surface area contributed by atoms with Crippen molar-refractivity contribution in [3.8, 4) is 11.3 Å². The third-order valence-corrected chi connectivity index (χ3v) is 5.07. The zero-order valence-electron chi connectivity index (χ0n) is 21.3. The fourth-order valence-electron chi connectivity index (χ4n) is 3.18. The van der Waals surface area contributed by atoms with Gasteiger partial charge in [-0.05, 0) is 47.9 Å². The first-order chi connectivity index (χ1) is 18.2. The molecule has 2 N–H and O–H groups in total. The first kappa shape index (κ1) is 28.2. The van der Waals surface area contributed by atoms with Crippen molar-refractivity contribution in [2.75, 3.05) is 10.7 Å². The van der Waals surface area contributed by atoms with E-state index in [1.807, 2.05) is 33.8 Å². The molecule has 0 aliphatic heterocycles. The average Bonchev–Trinajstić information content (AvgIpc) is 2.91. The van der Waals surface area contributed by atoms with E-state index in [1.165, 1.54) is 30.7 Å². The molecule has 0 aliphatic rings. The Bertz CT molecular complexity index is 1370. The van der Waals surface area contributed by atoms with Gasteiger partial charge in [-0.1, -0.05) is 33.8 Å². The van der Waals surface area contributed by atoms with E-state index in [-0.39, 0.29) is 23.2 Å². The molecule has 0 amide bonds. The molecule has 0 bridgehead atoms. The van der Waals surface area contributed by atoms with Crippen molar-refractivity contribution in [2.45, 2.75) is 39.8 Å². The summed E-state index contributed by atoms with van der Waals surface area (Å²) in [5, 5.41) is 6.91. The number of hydrogen-bond donors (Lipinski definition) is 2. The fraction of sp³-hybridized carbons (Fsp3) is 0.222. The van der Waals surface area contributed by atoms with Crippen LogP contribution in [0.4, 0.5) is 34.9 Å². The van der Waals surface area contributed by atoms with Crippen LogP contribution in [0, 0.1) is 5.82 Å². The summed E-state index contributed by atoms with van der Waals surface area (Å²) >= 11 is 0. The number of pyridine rings is 2. The monoisotopic (exact) mass is 525 g/mol. The number of nitrogens with one attached hydrogen (secondary N) is 2. The highest BCUT2D eigenvalue weighted by molar-refractivity contribution is 5.78. The lowest BCUT2D eigenvalue weighted by Gasteiger charge is -2.10. The maximum Gasteiger partial charge on any atom is 0.416 e. The van der Waals surface area contributed by atoms with E-state index >= 15 is 0 Å². The highest BCUT2D eigenvalue weighted by Crippen LogP contribution is 2.31. The molecule has 7 nitrogen and oxygen atoms in total. The van der Waals surface area contributed by atoms with E-state index < -0.39 is 17.6 Å². The Morgan fingerprint density at radius 2 is 1.71 bits per heavy atom. The molecule has 38 heavy (non-hydrogen) atoms. The topological polar surface area (TPSA) is 88.0 Å². The molecule has 3 aromatic heterocycles. The SMILES string of the molecule is CC.CC(C)c1cncc(-c2nc(N/N=C/c3ccc(Nc4cccc(C(F)(F)F)c4)cn3)ncc2F)c1. The first-order valence-electron chi connectivity index (χ1n) is 11.9. The smallest absolute Gasteiger partial charge is 0.354 e. The number of rotatable bonds is 7. The molecular weight excluding hydrogens is 498 g/mol. The highest BCUT2D eigenvalue weighted by Gasteiger charge is 2.30. The van der Waals surface area contributed by atoms with Crippen molar-refractivity contribution >= 4 is 23.5 Å². The maximum absolute atomic E-state index is 14.4. The predicted octanol–water partition coefficient (Wildman–Crippen LogP) is 7.43. The van der Waals surface area contributed by atoms with Crippen LogP contribution in [0.3, 0.4) is 0 Å². The second-order valence-electron chi connectivity index (χ2n) is 8.10. The molecular formula is C27H27F4N7. The minimum Gasteiger partial charge on any atom is -0.354 e. The molecule has 0 spiro atoms. The summed E-state index contributed by atoms with van der Waals surface area (Å²) in [5.74, 6) is -0.276. The van der Waals surface area contributed by atoms with Gasteiger partial charge in [0.05, 0.1) is 35.6 Å².